The van der Waals surface area contributed by atoms with Crippen LogP contribution in [0.25, 0.3) is 0 Å². The van der Waals surface area contributed by atoms with E-state index in [-0.39, 0.29) is 11.5 Å². The topological polar surface area (TPSA) is 63.3 Å². The van der Waals surface area contributed by atoms with Crippen LogP contribution in [0, 0.1) is 11.3 Å². The van der Waals surface area contributed by atoms with Crippen molar-refractivity contribution in [2.75, 3.05) is 0 Å². The highest BCUT2D eigenvalue weighted by Gasteiger charge is 2.29. The average Bonchev–Trinajstić information content (AvgIpc) is 1.82. The summed E-state index contributed by atoms with van der Waals surface area (Å²) in [5, 5.41) is 8.64. The third-order valence-corrected chi connectivity index (χ3v) is 1.93. The Kier molecular flexibility index (Phi) is 3.05. The van der Waals surface area contributed by atoms with Gasteiger partial charge in [0, 0.05) is 6.04 Å². The smallest absolute Gasteiger partial charge is 0.307 e. The molecular weight excluding hydrogens is 142 g/mol. The monoisotopic (exact) mass is 159 g/mol. The Bertz CT molecular complexity index is 149. The third-order valence-electron chi connectivity index (χ3n) is 1.93. The summed E-state index contributed by atoms with van der Waals surface area (Å²) in [5.41, 5.74) is 5.57. The Morgan fingerprint density at radius 1 is 1.45 bits per heavy atom. The highest BCUT2D eigenvalue weighted by atomic mass is 16.4. The minimum Gasteiger partial charge on any atom is -0.481 e. The van der Waals surface area contributed by atoms with Crippen LogP contribution in [0.5, 0.6) is 0 Å². The SMILES string of the molecule is C[C@@H](C(=O)O)C(N)C(C)(C)C. The number of hydrogen-bond acceptors (Lipinski definition) is 2. The van der Waals surface area contributed by atoms with Gasteiger partial charge in [0.15, 0.2) is 0 Å². The minimum absolute atomic E-state index is 0.141. The standard InChI is InChI=1S/C8H17NO2/c1-5(7(10)11)6(9)8(2,3)4/h5-6H,9H2,1-4H3,(H,10,11)/t5-,6?/m1/s1. The van der Waals surface area contributed by atoms with Gasteiger partial charge < -0.3 is 10.8 Å². The molecule has 11 heavy (non-hydrogen) atoms. The molecule has 3 heteroatoms. The molecule has 0 aliphatic carbocycles. The van der Waals surface area contributed by atoms with Gasteiger partial charge in [-0.15, -0.1) is 0 Å². The van der Waals surface area contributed by atoms with E-state index in [0.29, 0.717) is 0 Å². The summed E-state index contributed by atoms with van der Waals surface area (Å²) in [4.78, 5) is 10.5. The van der Waals surface area contributed by atoms with Crippen molar-refractivity contribution in [3.05, 3.63) is 0 Å². The van der Waals surface area contributed by atoms with Crippen molar-refractivity contribution in [3.63, 3.8) is 0 Å². The van der Waals surface area contributed by atoms with E-state index in [4.69, 9.17) is 10.8 Å². The predicted octanol–water partition coefficient (Wildman–Crippen LogP) is 1.08. The summed E-state index contributed by atoms with van der Waals surface area (Å²) in [6, 6.07) is -0.292. The average molecular weight is 159 g/mol. The molecule has 0 rings (SSSR count). The molecule has 3 nitrogen and oxygen atoms in total. The van der Waals surface area contributed by atoms with Gasteiger partial charge in [-0.3, -0.25) is 4.79 Å². The molecule has 3 N–H and O–H groups in total. The number of carboxylic acid groups (broad SMARTS) is 1. The van der Waals surface area contributed by atoms with Crippen molar-refractivity contribution in [1.82, 2.24) is 0 Å². The second-order valence-corrected chi connectivity index (χ2v) is 4.02. The maximum Gasteiger partial charge on any atom is 0.307 e. The molecule has 0 aliphatic rings. The van der Waals surface area contributed by atoms with Gasteiger partial charge in [-0.2, -0.15) is 0 Å². The molecule has 0 heterocycles. The summed E-state index contributed by atoms with van der Waals surface area (Å²) >= 11 is 0. The third kappa shape index (κ3) is 2.89. The largest absolute Gasteiger partial charge is 0.481 e. The molecule has 2 atom stereocenters. The van der Waals surface area contributed by atoms with Gasteiger partial charge in [-0.1, -0.05) is 27.7 Å². The first kappa shape index (κ1) is 10.4. The molecule has 0 fully saturated rings. The van der Waals surface area contributed by atoms with Gasteiger partial charge in [0.25, 0.3) is 0 Å². The van der Waals surface area contributed by atoms with E-state index in [1.807, 2.05) is 20.8 Å². The van der Waals surface area contributed by atoms with Crippen molar-refractivity contribution in [1.29, 1.82) is 0 Å². The molecule has 0 aromatic carbocycles. The zero-order valence-corrected chi connectivity index (χ0v) is 7.59. The van der Waals surface area contributed by atoms with E-state index in [0.717, 1.165) is 0 Å². The minimum atomic E-state index is -0.826. The number of aliphatic carboxylic acids is 1. The Balaban J connectivity index is 4.25. The lowest BCUT2D eigenvalue weighted by molar-refractivity contribution is -0.142. The van der Waals surface area contributed by atoms with Crippen molar-refractivity contribution in [3.8, 4) is 0 Å². The van der Waals surface area contributed by atoms with Crippen LogP contribution in [0.15, 0.2) is 0 Å². The summed E-state index contributed by atoms with van der Waals surface area (Å²) < 4.78 is 0. The zero-order chi connectivity index (χ0) is 9.23. The van der Waals surface area contributed by atoms with Crippen LogP contribution < -0.4 is 5.73 Å². The lowest BCUT2D eigenvalue weighted by atomic mass is 9.80. The quantitative estimate of drug-likeness (QED) is 0.633. The van der Waals surface area contributed by atoms with Crippen molar-refractivity contribution in [2.24, 2.45) is 17.1 Å². The highest BCUT2D eigenvalue weighted by Crippen LogP contribution is 2.23. The van der Waals surface area contributed by atoms with Crippen molar-refractivity contribution < 1.29 is 9.90 Å². The summed E-state index contributed by atoms with van der Waals surface area (Å²) in [6.45, 7) is 7.46. The predicted molar refractivity (Wildman–Crippen MR) is 44.2 cm³/mol. The molecule has 0 aliphatic heterocycles. The Morgan fingerprint density at radius 2 is 1.82 bits per heavy atom. The first-order valence-electron chi connectivity index (χ1n) is 3.75. The molecule has 1 unspecified atom stereocenters. The lowest BCUT2D eigenvalue weighted by Crippen LogP contribution is -2.43. The number of hydrogen-bond donors (Lipinski definition) is 2. The lowest BCUT2D eigenvalue weighted by Gasteiger charge is -2.29. The van der Waals surface area contributed by atoms with Crippen LogP contribution in [-0.4, -0.2) is 17.1 Å². The Labute approximate surface area is 67.6 Å². The van der Waals surface area contributed by atoms with Crippen LogP contribution in [0.3, 0.4) is 0 Å². The van der Waals surface area contributed by atoms with Crippen molar-refractivity contribution in [2.45, 2.75) is 33.7 Å². The molecule has 0 amide bonds. The number of carboxylic acids is 1. The number of rotatable bonds is 2. The second-order valence-electron chi connectivity index (χ2n) is 4.02. The fourth-order valence-corrected chi connectivity index (χ4v) is 0.904. The van der Waals surface area contributed by atoms with Crippen LogP contribution in [0.4, 0.5) is 0 Å². The van der Waals surface area contributed by atoms with Gasteiger partial charge in [0.05, 0.1) is 5.92 Å². The molecule has 0 spiro atoms. The molecular formula is C8H17NO2. The fraction of sp³-hybridized carbons (Fsp3) is 0.875. The summed E-state index contributed by atoms with van der Waals surface area (Å²) in [7, 11) is 0. The zero-order valence-electron chi connectivity index (χ0n) is 7.59. The second kappa shape index (κ2) is 3.22. The molecule has 0 saturated carbocycles. The highest BCUT2D eigenvalue weighted by molar-refractivity contribution is 5.70. The van der Waals surface area contributed by atoms with E-state index < -0.39 is 11.9 Å². The van der Waals surface area contributed by atoms with Gasteiger partial charge >= 0.3 is 5.97 Å². The molecule has 0 aromatic rings. The Morgan fingerprint density at radius 3 is 1.91 bits per heavy atom. The molecule has 0 bridgehead atoms. The van der Waals surface area contributed by atoms with Crippen LogP contribution in [-0.2, 0) is 4.79 Å². The maximum atomic E-state index is 10.5. The van der Waals surface area contributed by atoms with E-state index in [1.165, 1.54) is 0 Å². The van der Waals surface area contributed by atoms with Gasteiger partial charge in [0.2, 0.25) is 0 Å². The first-order valence-corrected chi connectivity index (χ1v) is 3.75. The molecule has 0 radical (unpaired) electrons. The van der Waals surface area contributed by atoms with Gasteiger partial charge in [-0.25, -0.2) is 0 Å². The summed E-state index contributed by atoms with van der Waals surface area (Å²) in [6.07, 6.45) is 0. The van der Waals surface area contributed by atoms with Gasteiger partial charge in [-0.05, 0) is 5.41 Å². The number of carbonyl (C=O) groups is 1. The van der Waals surface area contributed by atoms with Crippen LogP contribution >= 0.6 is 0 Å². The van der Waals surface area contributed by atoms with E-state index in [2.05, 4.69) is 0 Å². The molecule has 66 valence electrons. The molecule has 0 aromatic heterocycles. The molecule has 0 saturated heterocycles. The van der Waals surface area contributed by atoms with Crippen LogP contribution in [0.2, 0.25) is 0 Å². The Hall–Kier alpha value is -0.570. The normalized spacial score (nSPS) is 17.5. The fourth-order valence-electron chi connectivity index (χ4n) is 0.904. The van der Waals surface area contributed by atoms with Crippen LogP contribution in [0.1, 0.15) is 27.7 Å². The van der Waals surface area contributed by atoms with Crippen molar-refractivity contribution >= 4 is 5.97 Å². The summed E-state index contributed by atoms with van der Waals surface area (Å²) in [5.74, 6) is -1.30. The van der Waals surface area contributed by atoms with E-state index >= 15 is 0 Å². The van der Waals surface area contributed by atoms with E-state index in [1.54, 1.807) is 6.92 Å². The van der Waals surface area contributed by atoms with Gasteiger partial charge in [0.1, 0.15) is 0 Å². The number of nitrogens with two attached hydrogens (primary N) is 1. The maximum absolute atomic E-state index is 10.5. The first-order chi connectivity index (χ1) is 4.76. The van der Waals surface area contributed by atoms with E-state index in [9.17, 15) is 4.79 Å².